The molecule has 1 amide bonds. The third-order valence-corrected chi connectivity index (χ3v) is 6.40. The summed E-state index contributed by atoms with van der Waals surface area (Å²) in [4.78, 5) is 34.3. The number of ketones is 1. The van der Waals surface area contributed by atoms with Gasteiger partial charge in [0.2, 0.25) is 5.91 Å². The summed E-state index contributed by atoms with van der Waals surface area (Å²) in [7, 11) is 0. The van der Waals surface area contributed by atoms with E-state index in [4.69, 9.17) is 4.74 Å². The van der Waals surface area contributed by atoms with Gasteiger partial charge in [0.1, 0.15) is 11.6 Å². The Hall–Kier alpha value is -3.86. The van der Waals surface area contributed by atoms with E-state index in [0.717, 1.165) is 12.1 Å². The van der Waals surface area contributed by atoms with E-state index < -0.39 is 23.0 Å². The number of Topliss-reactive ketones (excluding diaryl/α,β-unsaturated/α-hetero) is 1. The molecule has 1 fully saturated rings. The van der Waals surface area contributed by atoms with E-state index in [1.54, 1.807) is 24.3 Å². The van der Waals surface area contributed by atoms with Crippen molar-refractivity contribution in [3.05, 3.63) is 83.2 Å². The molecule has 2 heterocycles. The largest absolute Gasteiger partial charge is 0.418 e. The second kappa shape index (κ2) is 11.3. The van der Waals surface area contributed by atoms with Crippen molar-refractivity contribution in [2.75, 3.05) is 18.5 Å². The summed E-state index contributed by atoms with van der Waals surface area (Å²) < 4.78 is 58.6. The van der Waals surface area contributed by atoms with Crippen LogP contribution in [0.15, 0.2) is 54.9 Å². The number of hydrogen-bond acceptors (Lipinski definition) is 6. The third kappa shape index (κ3) is 6.34. The van der Waals surface area contributed by atoms with Crippen LogP contribution in [0.4, 0.5) is 28.9 Å². The first kappa shape index (κ1) is 27.2. The third-order valence-electron chi connectivity index (χ3n) is 6.40. The van der Waals surface area contributed by atoms with Gasteiger partial charge in [-0.15, -0.1) is 0 Å². The fraction of sp³-hybridized carbons (Fsp3) is 0.333. The van der Waals surface area contributed by atoms with Gasteiger partial charge in [-0.3, -0.25) is 9.59 Å². The fourth-order valence-electron chi connectivity index (χ4n) is 4.19. The Morgan fingerprint density at radius 2 is 1.79 bits per heavy atom. The molecular formula is C27H26F4N4O3. The predicted molar refractivity (Wildman–Crippen MR) is 131 cm³/mol. The average Bonchev–Trinajstić information content (AvgIpc) is 3.38. The number of anilines is 2. The van der Waals surface area contributed by atoms with E-state index in [1.165, 1.54) is 12.4 Å². The maximum Gasteiger partial charge on any atom is 0.418 e. The molecule has 0 unspecified atom stereocenters. The molecule has 2 aromatic carbocycles. The van der Waals surface area contributed by atoms with E-state index >= 15 is 0 Å². The molecule has 1 aliphatic rings. The standard InChI is InChI=1S/C27H26F4N4O3/c1-2-24-32-14-18(15-33-24)23(36)12-26(9-10-38-16-26)25(37)34-13-17-3-6-20(7-4-17)35-22-8-5-19(28)11-21(22)27(29,30)31/h3-8,11,14-15,35H,2,9-10,12-13,16H2,1H3,(H,34,37)/t26-/m0/s1. The summed E-state index contributed by atoms with van der Waals surface area (Å²) >= 11 is 0. The van der Waals surface area contributed by atoms with Gasteiger partial charge in [-0.1, -0.05) is 19.1 Å². The SMILES string of the molecule is CCc1ncc(C(=O)C[C@@]2(C(=O)NCc3ccc(Nc4ccc(F)cc4C(F)(F)F)cc3)CCOC2)cn1. The molecule has 11 heteroatoms. The molecule has 38 heavy (non-hydrogen) atoms. The molecule has 7 nitrogen and oxygen atoms in total. The van der Waals surface area contributed by atoms with Crippen LogP contribution in [0.25, 0.3) is 0 Å². The highest BCUT2D eigenvalue weighted by atomic mass is 19.4. The lowest BCUT2D eigenvalue weighted by molar-refractivity contribution is -0.137. The maximum absolute atomic E-state index is 13.3. The molecule has 1 aromatic heterocycles. The number of carbonyl (C=O) groups excluding carboxylic acids is 2. The van der Waals surface area contributed by atoms with Crippen LogP contribution in [0.5, 0.6) is 0 Å². The highest BCUT2D eigenvalue weighted by Crippen LogP contribution is 2.37. The van der Waals surface area contributed by atoms with Gasteiger partial charge in [0.15, 0.2) is 5.78 Å². The van der Waals surface area contributed by atoms with Crippen molar-refractivity contribution in [2.45, 2.75) is 38.9 Å². The van der Waals surface area contributed by atoms with E-state index in [-0.39, 0.29) is 37.0 Å². The number of carbonyl (C=O) groups is 2. The number of hydrogen-bond donors (Lipinski definition) is 2. The Balaban J connectivity index is 1.39. The monoisotopic (exact) mass is 530 g/mol. The van der Waals surface area contributed by atoms with Gasteiger partial charge in [0, 0.05) is 44.1 Å². The van der Waals surface area contributed by atoms with Crippen LogP contribution < -0.4 is 10.6 Å². The van der Waals surface area contributed by atoms with Crippen LogP contribution in [-0.4, -0.2) is 34.9 Å². The van der Waals surface area contributed by atoms with E-state index in [1.807, 2.05) is 6.92 Å². The molecule has 4 rings (SSSR count). The smallest absolute Gasteiger partial charge is 0.380 e. The lowest BCUT2D eigenvalue weighted by atomic mass is 9.80. The summed E-state index contributed by atoms with van der Waals surface area (Å²) in [5, 5.41) is 5.50. The fourth-order valence-corrected chi connectivity index (χ4v) is 4.19. The number of halogens is 4. The Morgan fingerprint density at radius 3 is 2.39 bits per heavy atom. The Kier molecular flexibility index (Phi) is 8.05. The topological polar surface area (TPSA) is 93.2 Å². The minimum absolute atomic E-state index is 0.0459. The van der Waals surface area contributed by atoms with Gasteiger partial charge >= 0.3 is 6.18 Å². The van der Waals surface area contributed by atoms with Crippen LogP contribution in [0.2, 0.25) is 0 Å². The molecule has 200 valence electrons. The maximum atomic E-state index is 13.3. The second-order valence-corrected chi connectivity index (χ2v) is 9.12. The van der Waals surface area contributed by atoms with E-state index in [9.17, 15) is 27.2 Å². The lowest BCUT2D eigenvalue weighted by Crippen LogP contribution is -2.42. The minimum Gasteiger partial charge on any atom is -0.380 e. The van der Waals surface area contributed by atoms with Crippen LogP contribution >= 0.6 is 0 Å². The molecule has 2 N–H and O–H groups in total. The number of amides is 1. The number of aromatic nitrogens is 2. The molecule has 3 aromatic rings. The summed E-state index contributed by atoms with van der Waals surface area (Å²) in [5.41, 5.74) is -1.01. The van der Waals surface area contributed by atoms with Crippen molar-refractivity contribution in [3.8, 4) is 0 Å². The minimum atomic E-state index is -4.72. The van der Waals surface area contributed by atoms with Gasteiger partial charge in [-0.05, 0) is 42.3 Å². The first-order valence-electron chi connectivity index (χ1n) is 12.0. The highest BCUT2D eigenvalue weighted by molar-refractivity contribution is 5.99. The molecule has 0 radical (unpaired) electrons. The van der Waals surface area contributed by atoms with Crippen molar-refractivity contribution in [1.82, 2.24) is 15.3 Å². The summed E-state index contributed by atoms with van der Waals surface area (Å²) in [6, 6.07) is 8.83. The zero-order valence-corrected chi connectivity index (χ0v) is 20.6. The van der Waals surface area contributed by atoms with Gasteiger partial charge in [0.25, 0.3) is 0 Å². The number of nitrogens with one attached hydrogen (secondary N) is 2. The first-order chi connectivity index (χ1) is 18.1. The van der Waals surface area contributed by atoms with Crippen LogP contribution in [0.1, 0.15) is 47.1 Å². The molecule has 1 saturated heterocycles. The zero-order valence-electron chi connectivity index (χ0n) is 20.6. The normalized spacial score (nSPS) is 17.3. The van der Waals surface area contributed by atoms with Crippen LogP contribution in [0.3, 0.4) is 0 Å². The lowest BCUT2D eigenvalue weighted by Gasteiger charge is -2.25. The number of rotatable bonds is 9. The highest BCUT2D eigenvalue weighted by Gasteiger charge is 2.44. The molecule has 0 saturated carbocycles. The van der Waals surface area contributed by atoms with E-state index in [2.05, 4.69) is 20.6 Å². The Morgan fingerprint density at radius 1 is 1.08 bits per heavy atom. The predicted octanol–water partition coefficient (Wildman–Crippen LogP) is 5.24. The van der Waals surface area contributed by atoms with Gasteiger partial charge in [-0.2, -0.15) is 13.2 Å². The molecule has 0 bridgehead atoms. The number of aryl methyl sites for hydroxylation is 1. The Labute approximate surface area is 216 Å². The second-order valence-electron chi connectivity index (χ2n) is 9.12. The van der Waals surface area contributed by atoms with Crippen molar-refractivity contribution in [1.29, 1.82) is 0 Å². The van der Waals surface area contributed by atoms with Crippen LogP contribution in [-0.2, 0) is 28.7 Å². The quantitative estimate of drug-likeness (QED) is 0.291. The van der Waals surface area contributed by atoms with Crippen molar-refractivity contribution in [3.63, 3.8) is 0 Å². The number of ether oxygens (including phenoxy) is 1. The van der Waals surface area contributed by atoms with Crippen LogP contribution in [0, 0.1) is 11.2 Å². The number of benzene rings is 2. The van der Waals surface area contributed by atoms with Gasteiger partial charge in [-0.25, -0.2) is 14.4 Å². The van der Waals surface area contributed by atoms with E-state index in [0.29, 0.717) is 48.2 Å². The molecule has 0 aliphatic carbocycles. The summed E-state index contributed by atoms with van der Waals surface area (Å²) in [6.07, 6.45) is -0.797. The first-order valence-corrected chi connectivity index (χ1v) is 12.0. The van der Waals surface area contributed by atoms with Crippen molar-refractivity contribution < 1.29 is 31.9 Å². The summed E-state index contributed by atoms with van der Waals surface area (Å²) in [6.45, 7) is 2.52. The molecule has 1 aliphatic heterocycles. The van der Waals surface area contributed by atoms with Gasteiger partial charge < -0.3 is 15.4 Å². The summed E-state index contributed by atoms with van der Waals surface area (Å²) in [5.74, 6) is -0.928. The van der Waals surface area contributed by atoms with Gasteiger partial charge in [0.05, 0.1) is 28.8 Å². The Bertz CT molecular complexity index is 1290. The number of nitrogens with zero attached hydrogens (tertiary/aromatic N) is 2. The molecular weight excluding hydrogens is 504 g/mol. The molecule has 0 spiro atoms. The van der Waals surface area contributed by atoms with Crippen molar-refractivity contribution >= 4 is 23.1 Å². The van der Waals surface area contributed by atoms with Crippen molar-refractivity contribution in [2.24, 2.45) is 5.41 Å². The zero-order chi connectivity index (χ0) is 27.3. The average molecular weight is 531 g/mol. The number of alkyl halides is 3. The molecule has 1 atom stereocenters.